The lowest BCUT2D eigenvalue weighted by molar-refractivity contribution is -0.126. The van der Waals surface area contributed by atoms with Crippen LogP contribution in [0.2, 0.25) is 0 Å². The number of hydrogen-bond acceptors (Lipinski definition) is 4. The SMILES string of the molecule is Cc1ccccc1C(=O)N1CCC(C(=O)NCCN2CCOCC2)CC1. The van der Waals surface area contributed by atoms with Gasteiger partial charge in [-0.25, -0.2) is 0 Å². The Morgan fingerprint density at radius 2 is 1.81 bits per heavy atom. The van der Waals surface area contributed by atoms with Crippen molar-refractivity contribution in [1.29, 1.82) is 0 Å². The molecule has 0 atom stereocenters. The van der Waals surface area contributed by atoms with Crippen molar-refractivity contribution in [3.8, 4) is 0 Å². The van der Waals surface area contributed by atoms with Crippen LogP contribution in [0.3, 0.4) is 0 Å². The number of benzene rings is 1. The van der Waals surface area contributed by atoms with Gasteiger partial charge in [-0.3, -0.25) is 14.5 Å². The minimum atomic E-state index is 0.0145. The van der Waals surface area contributed by atoms with Gasteiger partial charge in [0.1, 0.15) is 0 Å². The molecule has 2 amide bonds. The summed E-state index contributed by atoms with van der Waals surface area (Å²) in [5.41, 5.74) is 1.77. The lowest BCUT2D eigenvalue weighted by atomic mass is 9.95. The first-order chi connectivity index (χ1) is 12.6. The summed E-state index contributed by atoms with van der Waals surface area (Å²) in [5, 5.41) is 3.06. The first-order valence-electron chi connectivity index (χ1n) is 9.58. The number of amides is 2. The van der Waals surface area contributed by atoms with Crippen LogP contribution >= 0.6 is 0 Å². The van der Waals surface area contributed by atoms with Crippen molar-refractivity contribution in [2.24, 2.45) is 5.92 Å². The molecule has 1 N–H and O–H groups in total. The number of ether oxygens (including phenoxy) is 1. The quantitative estimate of drug-likeness (QED) is 0.861. The highest BCUT2D eigenvalue weighted by atomic mass is 16.5. The van der Waals surface area contributed by atoms with Crippen LogP contribution in [0.15, 0.2) is 24.3 Å². The summed E-state index contributed by atoms with van der Waals surface area (Å²) in [7, 11) is 0. The molecule has 2 fully saturated rings. The van der Waals surface area contributed by atoms with Gasteiger partial charge < -0.3 is 15.0 Å². The third-order valence-corrected chi connectivity index (χ3v) is 5.36. The lowest BCUT2D eigenvalue weighted by Crippen LogP contribution is -2.45. The zero-order valence-corrected chi connectivity index (χ0v) is 15.6. The average Bonchev–Trinajstić information content (AvgIpc) is 2.69. The third kappa shape index (κ3) is 4.83. The number of likely N-dealkylation sites (tertiary alicyclic amines) is 1. The molecule has 1 aromatic rings. The highest BCUT2D eigenvalue weighted by Gasteiger charge is 2.28. The standard InChI is InChI=1S/C20H29N3O3/c1-16-4-2-3-5-18(16)20(25)23-9-6-17(7-10-23)19(24)21-8-11-22-12-14-26-15-13-22/h2-5,17H,6-15H2,1H3,(H,21,24). The highest BCUT2D eigenvalue weighted by Crippen LogP contribution is 2.20. The van der Waals surface area contributed by atoms with Gasteiger partial charge in [0, 0.05) is 50.7 Å². The van der Waals surface area contributed by atoms with Gasteiger partial charge in [-0.2, -0.15) is 0 Å². The van der Waals surface area contributed by atoms with E-state index in [4.69, 9.17) is 4.74 Å². The van der Waals surface area contributed by atoms with E-state index < -0.39 is 0 Å². The molecule has 6 nitrogen and oxygen atoms in total. The van der Waals surface area contributed by atoms with Crippen LogP contribution in [-0.2, 0) is 9.53 Å². The number of hydrogen-bond donors (Lipinski definition) is 1. The molecule has 26 heavy (non-hydrogen) atoms. The Hall–Kier alpha value is -1.92. The predicted octanol–water partition coefficient (Wildman–Crippen LogP) is 1.30. The fourth-order valence-corrected chi connectivity index (χ4v) is 3.63. The molecule has 0 aromatic heterocycles. The zero-order chi connectivity index (χ0) is 18.4. The molecular formula is C20H29N3O3. The Kier molecular flexibility index (Phi) is 6.63. The van der Waals surface area contributed by atoms with E-state index in [1.165, 1.54) is 0 Å². The second-order valence-corrected chi connectivity index (χ2v) is 7.13. The van der Waals surface area contributed by atoms with Crippen LogP contribution < -0.4 is 5.32 Å². The van der Waals surface area contributed by atoms with E-state index >= 15 is 0 Å². The summed E-state index contributed by atoms with van der Waals surface area (Å²) < 4.78 is 5.33. The Morgan fingerprint density at radius 3 is 2.50 bits per heavy atom. The van der Waals surface area contributed by atoms with Gasteiger partial charge in [-0.15, -0.1) is 0 Å². The van der Waals surface area contributed by atoms with Crippen LogP contribution in [-0.4, -0.2) is 74.1 Å². The summed E-state index contributed by atoms with van der Waals surface area (Å²) in [6, 6.07) is 7.68. The fraction of sp³-hybridized carbons (Fsp3) is 0.600. The molecule has 2 aliphatic heterocycles. The molecule has 0 unspecified atom stereocenters. The maximum absolute atomic E-state index is 12.7. The second kappa shape index (κ2) is 9.14. The Labute approximate surface area is 155 Å². The average molecular weight is 359 g/mol. The van der Waals surface area contributed by atoms with Crippen molar-refractivity contribution >= 4 is 11.8 Å². The van der Waals surface area contributed by atoms with E-state index in [-0.39, 0.29) is 17.7 Å². The molecule has 0 saturated carbocycles. The van der Waals surface area contributed by atoms with E-state index in [1.807, 2.05) is 36.1 Å². The topological polar surface area (TPSA) is 61.9 Å². The largest absolute Gasteiger partial charge is 0.379 e. The van der Waals surface area contributed by atoms with Crippen LogP contribution in [0.1, 0.15) is 28.8 Å². The second-order valence-electron chi connectivity index (χ2n) is 7.13. The molecule has 2 heterocycles. The molecule has 1 aromatic carbocycles. The van der Waals surface area contributed by atoms with Crippen LogP contribution in [0, 0.1) is 12.8 Å². The summed E-state index contributed by atoms with van der Waals surface area (Å²) in [6.45, 7) is 8.25. The molecule has 3 rings (SSSR count). The Bertz CT molecular complexity index is 620. The van der Waals surface area contributed by atoms with Crippen molar-refractivity contribution in [1.82, 2.24) is 15.1 Å². The lowest BCUT2D eigenvalue weighted by Gasteiger charge is -2.32. The van der Waals surface area contributed by atoms with Crippen LogP contribution in [0.25, 0.3) is 0 Å². The maximum atomic E-state index is 12.7. The molecule has 0 spiro atoms. The van der Waals surface area contributed by atoms with Crippen molar-refractivity contribution in [2.45, 2.75) is 19.8 Å². The number of nitrogens with zero attached hydrogens (tertiary/aromatic N) is 2. The molecule has 2 aliphatic rings. The van der Waals surface area contributed by atoms with Gasteiger partial charge in [-0.05, 0) is 31.4 Å². The summed E-state index contributed by atoms with van der Waals surface area (Å²) in [5.74, 6) is 0.219. The number of nitrogens with one attached hydrogen (secondary N) is 1. The van der Waals surface area contributed by atoms with Gasteiger partial charge in [0.2, 0.25) is 5.91 Å². The maximum Gasteiger partial charge on any atom is 0.254 e. The van der Waals surface area contributed by atoms with E-state index in [0.717, 1.165) is 56.8 Å². The molecule has 0 radical (unpaired) electrons. The van der Waals surface area contributed by atoms with Crippen molar-refractivity contribution in [2.75, 3.05) is 52.5 Å². The number of aryl methyl sites for hydroxylation is 1. The molecule has 142 valence electrons. The summed E-state index contributed by atoms with van der Waals surface area (Å²) >= 11 is 0. The smallest absolute Gasteiger partial charge is 0.254 e. The number of carbonyl (C=O) groups excluding carboxylic acids is 2. The normalized spacial score (nSPS) is 19.3. The monoisotopic (exact) mass is 359 g/mol. The van der Waals surface area contributed by atoms with Crippen molar-refractivity contribution in [3.63, 3.8) is 0 Å². The van der Waals surface area contributed by atoms with E-state index in [9.17, 15) is 9.59 Å². The number of piperidine rings is 1. The number of carbonyl (C=O) groups is 2. The summed E-state index contributed by atoms with van der Waals surface area (Å²) in [4.78, 5) is 29.2. The van der Waals surface area contributed by atoms with Crippen LogP contribution in [0.4, 0.5) is 0 Å². The van der Waals surface area contributed by atoms with Gasteiger partial charge >= 0.3 is 0 Å². The molecule has 2 saturated heterocycles. The van der Waals surface area contributed by atoms with E-state index in [2.05, 4.69) is 10.2 Å². The van der Waals surface area contributed by atoms with E-state index in [1.54, 1.807) is 0 Å². The Balaban J connectivity index is 1.40. The minimum absolute atomic E-state index is 0.0145. The predicted molar refractivity (Wildman–Crippen MR) is 100 cm³/mol. The first kappa shape index (κ1) is 18.9. The molecule has 0 bridgehead atoms. The van der Waals surface area contributed by atoms with Gasteiger partial charge in [0.05, 0.1) is 13.2 Å². The van der Waals surface area contributed by atoms with Gasteiger partial charge in [-0.1, -0.05) is 18.2 Å². The Morgan fingerprint density at radius 1 is 1.12 bits per heavy atom. The van der Waals surface area contributed by atoms with E-state index in [0.29, 0.717) is 19.6 Å². The molecular weight excluding hydrogens is 330 g/mol. The van der Waals surface area contributed by atoms with Gasteiger partial charge in [0.15, 0.2) is 0 Å². The van der Waals surface area contributed by atoms with Gasteiger partial charge in [0.25, 0.3) is 5.91 Å². The number of morpholine rings is 1. The molecule has 0 aliphatic carbocycles. The van der Waals surface area contributed by atoms with Crippen LogP contribution in [0.5, 0.6) is 0 Å². The highest BCUT2D eigenvalue weighted by molar-refractivity contribution is 5.95. The first-order valence-corrected chi connectivity index (χ1v) is 9.58. The summed E-state index contributed by atoms with van der Waals surface area (Å²) in [6.07, 6.45) is 1.47. The zero-order valence-electron chi connectivity index (χ0n) is 15.6. The van der Waals surface area contributed by atoms with Crippen molar-refractivity contribution in [3.05, 3.63) is 35.4 Å². The van der Waals surface area contributed by atoms with Crippen molar-refractivity contribution < 1.29 is 14.3 Å². The minimum Gasteiger partial charge on any atom is -0.379 e. The number of rotatable bonds is 5. The fourth-order valence-electron chi connectivity index (χ4n) is 3.63. The molecule has 6 heteroatoms. The third-order valence-electron chi connectivity index (χ3n) is 5.36.